The van der Waals surface area contributed by atoms with Gasteiger partial charge in [0.2, 0.25) is 0 Å². The maximum absolute atomic E-state index is 15.3. The molecule has 0 spiro atoms. The van der Waals surface area contributed by atoms with E-state index in [1.807, 2.05) is 23.7 Å². The van der Waals surface area contributed by atoms with Crippen LogP contribution in [0.25, 0.3) is 22.3 Å². The van der Waals surface area contributed by atoms with Gasteiger partial charge in [-0.1, -0.05) is 13.8 Å². The zero-order valence-electron chi connectivity index (χ0n) is 17.7. The van der Waals surface area contributed by atoms with E-state index in [4.69, 9.17) is 0 Å². The Hall–Kier alpha value is -2.74. The Labute approximate surface area is 175 Å². The van der Waals surface area contributed by atoms with Gasteiger partial charge in [-0.25, -0.2) is 4.39 Å². The number of halogens is 1. The Morgan fingerprint density at radius 3 is 2.63 bits per heavy atom. The molecule has 30 heavy (non-hydrogen) atoms. The summed E-state index contributed by atoms with van der Waals surface area (Å²) in [6.07, 6.45) is 5.48. The zero-order valence-corrected chi connectivity index (χ0v) is 17.7. The van der Waals surface area contributed by atoms with Gasteiger partial charge in [0.25, 0.3) is 0 Å². The Bertz CT molecular complexity index is 1050. The zero-order chi connectivity index (χ0) is 21.3. The van der Waals surface area contributed by atoms with E-state index in [1.165, 1.54) is 0 Å². The van der Waals surface area contributed by atoms with Crippen molar-refractivity contribution >= 4 is 16.7 Å². The molecule has 0 amide bonds. The van der Waals surface area contributed by atoms with Crippen molar-refractivity contribution in [2.75, 3.05) is 19.6 Å². The Morgan fingerprint density at radius 1 is 1.20 bits per heavy atom. The summed E-state index contributed by atoms with van der Waals surface area (Å²) in [7, 11) is 1.86. The maximum atomic E-state index is 15.3. The van der Waals surface area contributed by atoms with Gasteiger partial charge in [-0.15, -0.1) is 10.2 Å². The molecule has 7 nitrogen and oxygen atoms in total. The molecule has 158 valence electrons. The van der Waals surface area contributed by atoms with Gasteiger partial charge < -0.3 is 9.47 Å². The summed E-state index contributed by atoms with van der Waals surface area (Å²) in [6, 6.07) is 3.76. The Morgan fingerprint density at radius 2 is 1.97 bits per heavy atom. The molecule has 0 saturated carbocycles. The van der Waals surface area contributed by atoms with Crippen molar-refractivity contribution in [3.63, 3.8) is 0 Å². The van der Waals surface area contributed by atoms with Gasteiger partial charge in [-0.05, 0) is 18.1 Å². The minimum atomic E-state index is -1.76. The fourth-order valence-electron chi connectivity index (χ4n) is 4.05. The van der Waals surface area contributed by atoms with Crippen LogP contribution in [0.15, 0.2) is 30.9 Å². The van der Waals surface area contributed by atoms with E-state index in [0.717, 1.165) is 17.5 Å². The first-order valence-electron chi connectivity index (χ1n) is 10.4. The largest absolute Gasteiger partial charge is 0.317 e. The van der Waals surface area contributed by atoms with E-state index in [2.05, 4.69) is 38.9 Å². The van der Waals surface area contributed by atoms with E-state index >= 15 is 4.39 Å². The minimum Gasteiger partial charge on any atom is -0.317 e. The van der Waals surface area contributed by atoms with Crippen LogP contribution in [0.3, 0.4) is 0 Å². The van der Waals surface area contributed by atoms with Gasteiger partial charge in [0, 0.05) is 62.4 Å². The molecule has 3 aromatic heterocycles. The molecule has 8 heteroatoms. The molecule has 0 radical (unpaired) electrons. The van der Waals surface area contributed by atoms with Crippen molar-refractivity contribution < 1.29 is 9.18 Å². The molecule has 1 aliphatic heterocycles. The van der Waals surface area contributed by atoms with Crippen LogP contribution in [-0.4, -0.2) is 60.7 Å². The first kappa shape index (κ1) is 20.5. The SMILES string of the molecule is CC(C)CN1CCC(F)(C(=O)Cc2cc3cc(-c4nncn4C)cnc3cn2)CC1. The number of alkyl halides is 1. The number of carbonyl (C=O) groups is 1. The molecule has 1 fully saturated rings. The highest BCUT2D eigenvalue weighted by Gasteiger charge is 2.41. The molecule has 1 aliphatic rings. The number of fused-ring (bicyclic) bond motifs is 1. The smallest absolute Gasteiger partial charge is 0.175 e. The number of pyridine rings is 2. The molecule has 4 heterocycles. The molecule has 0 aromatic carbocycles. The second-order valence-corrected chi connectivity index (χ2v) is 8.62. The fourth-order valence-corrected chi connectivity index (χ4v) is 4.05. The standard InChI is InChI=1S/C22H27FN6O/c1-15(2)13-29-6-4-22(23,5-7-29)20(30)10-18-9-16-8-17(11-25-19(16)12-24-18)21-27-26-14-28(21)3/h8-9,11-12,14-15H,4-7,10,13H2,1-3H3. The summed E-state index contributed by atoms with van der Waals surface area (Å²) in [5.41, 5.74) is 0.341. The number of carbonyl (C=O) groups excluding carboxylic acids is 1. The number of nitrogens with zero attached hydrogens (tertiary/aromatic N) is 6. The third kappa shape index (κ3) is 4.23. The highest BCUT2D eigenvalue weighted by atomic mass is 19.1. The van der Waals surface area contributed by atoms with Crippen molar-refractivity contribution in [3.8, 4) is 11.4 Å². The Kier molecular flexibility index (Phi) is 5.60. The van der Waals surface area contributed by atoms with Gasteiger partial charge in [-0.3, -0.25) is 14.8 Å². The molecule has 0 unspecified atom stereocenters. The van der Waals surface area contributed by atoms with E-state index in [1.54, 1.807) is 18.7 Å². The fraction of sp³-hybridized carbons (Fsp3) is 0.500. The first-order chi connectivity index (χ1) is 14.3. The van der Waals surface area contributed by atoms with Crippen LogP contribution in [0, 0.1) is 5.92 Å². The second-order valence-electron chi connectivity index (χ2n) is 8.62. The highest BCUT2D eigenvalue weighted by molar-refractivity contribution is 5.90. The molecular formula is C22H27FN6O. The lowest BCUT2D eigenvalue weighted by atomic mass is 9.86. The molecule has 4 rings (SSSR count). The van der Waals surface area contributed by atoms with Crippen molar-refractivity contribution in [2.45, 2.75) is 38.8 Å². The number of rotatable bonds is 6. The van der Waals surface area contributed by atoms with Crippen LogP contribution in [0.1, 0.15) is 32.4 Å². The number of Topliss-reactive ketones (excluding diaryl/α,β-unsaturated/α-hetero) is 1. The normalized spacial score (nSPS) is 17.0. The quantitative estimate of drug-likeness (QED) is 0.622. The number of aryl methyl sites for hydroxylation is 1. The number of hydrogen-bond donors (Lipinski definition) is 0. The van der Waals surface area contributed by atoms with Gasteiger partial charge in [0.05, 0.1) is 18.1 Å². The maximum Gasteiger partial charge on any atom is 0.175 e. The van der Waals surface area contributed by atoms with Crippen molar-refractivity contribution in [3.05, 3.63) is 36.5 Å². The first-order valence-corrected chi connectivity index (χ1v) is 10.4. The molecule has 0 aliphatic carbocycles. The van der Waals surface area contributed by atoms with E-state index < -0.39 is 5.67 Å². The van der Waals surface area contributed by atoms with Crippen LogP contribution < -0.4 is 0 Å². The van der Waals surface area contributed by atoms with Crippen LogP contribution in [0.2, 0.25) is 0 Å². The third-order valence-electron chi connectivity index (χ3n) is 5.71. The lowest BCUT2D eigenvalue weighted by Gasteiger charge is -2.36. The summed E-state index contributed by atoms with van der Waals surface area (Å²) in [5, 5.41) is 8.85. The number of ketones is 1. The van der Waals surface area contributed by atoms with E-state index in [-0.39, 0.29) is 25.0 Å². The van der Waals surface area contributed by atoms with Crippen molar-refractivity contribution in [1.82, 2.24) is 29.6 Å². The molecule has 0 bridgehead atoms. The van der Waals surface area contributed by atoms with Gasteiger partial charge in [0.15, 0.2) is 17.3 Å². The van der Waals surface area contributed by atoms with Crippen LogP contribution in [0.5, 0.6) is 0 Å². The van der Waals surface area contributed by atoms with Gasteiger partial charge in [0.1, 0.15) is 6.33 Å². The van der Waals surface area contributed by atoms with Gasteiger partial charge in [-0.2, -0.15) is 0 Å². The van der Waals surface area contributed by atoms with E-state index in [9.17, 15) is 4.79 Å². The Balaban J connectivity index is 1.49. The molecule has 0 N–H and O–H groups in total. The number of hydrogen-bond acceptors (Lipinski definition) is 6. The van der Waals surface area contributed by atoms with Crippen molar-refractivity contribution in [2.24, 2.45) is 13.0 Å². The predicted octanol–water partition coefficient (Wildman–Crippen LogP) is 3.00. The minimum absolute atomic E-state index is 0.00912. The monoisotopic (exact) mass is 410 g/mol. The average Bonchev–Trinajstić information content (AvgIpc) is 3.15. The van der Waals surface area contributed by atoms with Crippen LogP contribution in [0.4, 0.5) is 4.39 Å². The number of likely N-dealkylation sites (tertiary alicyclic amines) is 1. The summed E-state index contributed by atoms with van der Waals surface area (Å²) in [6.45, 7) is 6.49. The topological polar surface area (TPSA) is 76.8 Å². The summed E-state index contributed by atoms with van der Waals surface area (Å²) in [4.78, 5) is 23.8. The third-order valence-corrected chi connectivity index (χ3v) is 5.71. The summed E-state index contributed by atoms with van der Waals surface area (Å²) < 4.78 is 17.1. The lowest BCUT2D eigenvalue weighted by molar-refractivity contribution is -0.133. The highest BCUT2D eigenvalue weighted by Crippen LogP contribution is 2.29. The number of piperidine rings is 1. The van der Waals surface area contributed by atoms with E-state index in [0.29, 0.717) is 36.0 Å². The van der Waals surface area contributed by atoms with Crippen LogP contribution in [-0.2, 0) is 18.3 Å². The predicted molar refractivity (Wildman–Crippen MR) is 113 cm³/mol. The van der Waals surface area contributed by atoms with Gasteiger partial charge >= 0.3 is 0 Å². The van der Waals surface area contributed by atoms with Crippen molar-refractivity contribution in [1.29, 1.82) is 0 Å². The summed E-state index contributed by atoms with van der Waals surface area (Å²) >= 11 is 0. The average molecular weight is 410 g/mol. The molecule has 0 atom stereocenters. The molecule has 3 aromatic rings. The van der Waals surface area contributed by atoms with Crippen LogP contribution >= 0.6 is 0 Å². The molecular weight excluding hydrogens is 383 g/mol. The number of aromatic nitrogens is 5. The second kappa shape index (κ2) is 8.18. The summed E-state index contributed by atoms with van der Waals surface area (Å²) in [5.74, 6) is 0.861. The lowest BCUT2D eigenvalue weighted by Crippen LogP contribution is -2.47. The molecule has 1 saturated heterocycles.